The summed E-state index contributed by atoms with van der Waals surface area (Å²) in [5, 5.41) is 14.4. The van der Waals surface area contributed by atoms with Crippen LogP contribution in [0.3, 0.4) is 0 Å². The molecule has 3 aromatic carbocycles. The molecule has 0 spiro atoms. The molecule has 0 saturated carbocycles. The molecular formula is C33H38N2O7. The maximum absolute atomic E-state index is 13.4. The van der Waals surface area contributed by atoms with Crippen LogP contribution in [0.4, 0.5) is 5.69 Å². The number of methoxy groups -OCH3 is 2. The molecule has 0 aromatic heterocycles. The monoisotopic (exact) mass is 574 g/mol. The van der Waals surface area contributed by atoms with Crippen LogP contribution in [0.25, 0.3) is 0 Å². The number of carbonyl (C=O) groups excluding carboxylic acids is 1. The number of benzene rings is 3. The summed E-state index contributed by atoms with van der Waals surface area (Å²) in [6, 6.07) is 15.8. The zero-order valence-electron chi connectivity index (χ0n) is 24.5. The Labute approximate surface area is 246 Å². The number of ether oxygens (including phenoxy) is 5. The average molecular weight is 575 g/mol. The number of aromatic hydroxyl groups is 1. The van der Waals surface area contributed by atoms with E-state index in [0.717, 1.165) is 48.4 Å². The largest absolute Gasteiger partial charge is 0.502 e. The van der Waals surface area contributed by atoms with Crippen LogP contribution in [0.1, 0.15) is 48.1 Å². The number of hydrogen-bond acceptors (Lipinski definition) is 9. The van der Waals surface area contributed by atoms with Gasteiger partial charge >= 0.3 is 5.97 Å². The van der Waals surface area contributed by atoms with Gasteiger partial charge in [-0.3, -0.25) is 4.79 Å². The summed E-state index contributed by atoms with van der Waals surface area (Å²) in [5.41, 5.74) is 4.98. The molecule has 9 heteroatoms. The van der Waals surface area contributed by atoms with Gasteiger partial charge in [0.05, 0.1) is 32.8 Å². The van der Waals surface area contributed by atoms with Gasteiger partial charge in [-0.25, -0.2) is 0 Å². The van der Waals surface area contributed by atoms with Crippen molar-refractivity contribution in [3.05, 3.63) is 70.8 Å². The molecule has 222 valence electrons. The van der Waals surface area contributed by atoms with Crippen LogP contribution in [0.15, 0.2) is 48.5 Å². The highest BCUT2D eigenvalue weighted by Gasteiger charge is 2.52. The van der Waals surface area contributed by atoms with E-state index in [0.29, 0.717) is 18.1 Å². The molecule has 2 N–H and O–H groups in total. The summed E-state index contributed by atoms with van der Waals surface area (Å²) in [5.74, 6) is 0.524. The lowest BCUT2D eigenvalue weighted by atomic mass is 9.65. The second kappa shape index (κ2) is 11.6. The number of hydrogen-bond donors (Lipinski definition) is 2. The molecule has 6 rings (SSSR count). The van der Waals surface area contributed by atoms with Crippen LogP contribution in [0, 0.1) is 11.8 Å². The lowest BCUT2D eigenvalue weighted by molar-refractivity contribution is -0.141. The number of rotatable bonds is 10. The number of anilines is 1. The minimum absolute atomic E-state index is 0.0866. The number of likely N-dealkylation sites (N-methyl/N-ethyl adjacent to an activating group) is 1. The first kappa shape index (κ1) is 28.0. The van der Waals surface area contributed by atoms with Gasteiger partial charge in [0.25, 0.3) is 0 Å². The molecule has 2 aliphatic heterocycles. The van der Waals surface area contributed by atoms with Crippen molar-refractivity contribution in [3.8, 4) is 28.7 Å². The summed E-state index contributed by atoms with van der Waals surface area (Å²) in [6.07, 6.45) is 0.956. The van der Waals surface area contributed by atoms with E-state index in [1.54, 1.807) is 12.1 Å². The first-order valence-electron chi connectivity index (χ1n) is 14.6. The van der Waals surface area contributed by atoms with E-state index in [-0.39, 0.29) is 47.9 Å². The Balaban J connectivity index is 1.43. The Kier molecular flexibility index (Phi) is 7.77. The molecule has 0 radical (unpaired) electrons. The van der Waals surface area contributed by atoms with Crippen molar-refractivity contribution in [2.45, 2.75) is 32.2 Å². The molecule has 9 nitrogen and oxygen atoms in total. The van der Waals surface area contributed by atoms with Crippen molar-refractivity contribution in [1.29, 1.82) is 0 Å². The fourth-order valence-electron chi connectivity index (χ4n) is 6.66. The van der Waals surface area contributed by atoms with Crippen LogP contribution in [-0.4, -0.2) is 63.2 Å². The fourth-order valence-corrected chi connectivity index (χ4v) is 6.66. The van der Waals surface area contributed by atoms with E-state index in [1.165, 1.54) is 19.8 Å². The van der Waals surface area contributed by atoms with Gasteiger partial charge in [-0.1, -0.05) is 26.0 Å². The highest BCUT2D eigenvalue weighted by Crippen LogP contribution is 2.56. The van der Waals surface area contributed by atoms with Gasteiger partial charge in [-0.15, -0.1) is 0 Å². The highest BCUT2D eigenvalue weighted by atomic mass is 16.7. The number of phenols is 1. The van der Waals surface area contributed by atoms with Gasteiger partial charge in [0.2, 0.25) is 12.5 Å². The van der Waals surface area contributed by atoms with Gasteiger partial charge in [0, 0.05) is 24.1 Å². The van der Waals surface area contributed by atoms with Gasteiger partial charge in [0.15, 0.2) is 23.0 Å². The summed E-state index contributed by atoms with van der Waals surface area (Å²) >= 11 is 0. The van der Waals surface area contributed by atoms with Crippen molar-refractivity contribution in [2.24, 2.45) is 11.8 Å². The average Bonchev–Trinajstić information content (AvgIpc) is 3.63. The number of phenolic OH excluding ortho intramolecular Hbond substituents is 1. The summed E-state index contributed by atoms with van der Waals surface area (Å²) < 4.78 is 28.3. The number of cyclic esters (lactones) is 1. The second-order valence-electron chi connectivity index (χ2n) is 11.0. The Morgan fingerprint density at radius 2 is 1.64 bits per heavy atom. The Morgan fingerprint density at radius 1 is 0.952 bits per heavy atom. The van der Waals surface area contributed by atoms with E-state index in [1.807, 2.05) is 12.1 Å². The molecule has 3 aromatic rings. The molecule has 1 aliphatic carbocycles. The minimum atomic E-state index is -0.472. The van der Waals surface area contributed by atoms with Crippen LogP contribution in [0.5, 0.6) is 28.7 Å². The lowest BCUT2D eigenvalue weighted by Crippen LogP contribution is -2.37. The topological polar surface area (TPSA) is 98.7 Å². The first-order chi connectivity index (χ1) is 20.4. The first-order valence-corrected chi connectivity index (χ1v) is 14.6. The van der Waals surface area contributed by atoms with Crippen LogP contribution >= 0.6 is 0 Å². The normalized spacial score (nSPS) is 22.0. The van der Waals surface area contributed by atoms with E-state index in [2.05, 4.69) is 48.3 Å². The van der Waals surface area contributed by atoms with Gasteiger partial charge < -0.3 is 39.0 Å². The van der Waals surface area contributed by atoms with Crippen molar-refractivity contribution in [1.82, 2.24) is 4.90 Å². The molecular weight excluding hydrogens is 536 g/mol. The summed E-state index contributed by atoms with van der Waals surface area (Å²) in [7, 11) is 2.99. The number of carbonyl (C=O) groups is 1. The molecule has 42 heavy (non-hydrogen) atoms. The van der Waals surface area contributed by atoms with E-state index < -0.39 is 5.92 Å². The molecule has 1 fully saturated rings. The standard InChI is InChI=1S/C33H38N2O7/c1-5-35(6-2)11-10-19-8-7-9-21(12-19)34-31-23-16-26-25(41-18-42-26)15-22(23)29(30-24(31)17-40-33(30)37)20-13-27(38-3)32(36)28(14-20)39-4/h7-9,12-16,24,29-31,34,36H,5-6,10-11,17-18H2,1-4H3/t24-,29+,30-,31+/m0/s1. The number of nitrogens with one attached hydrogen (secondary N) is 1. The molecule has 3 aliphatic rings. The molecule has 0 bridgehead atoms. The van der Waals surface area contributed by atoms with Crippen molar-refractivity contribution >= 4 is 11.7 Å². The van der Waals surface area contributed by atoms with Crippen molar-refractivity contribution in [2.75, 3.05) is 52.6 Å². The van der Waals surface area contributed by atoms with Crippen LogP contribution in [0.2, 0.25) is 0 Å². The fraction of sp³-hybridized carbons (Fsp3) is 0.424. The van der Waals surface area contributed by atoms with Crippen LogP contribution in [-0.2, 0) is 16.0 Å². The summed E-state index contributed by atoms with van der Waals surface area (Å²) in [4.78, 5) is 15.9. The Morgan fingerprint density at radius 3 is 2.31 bits per heavy atom. The van der Waals surface area contributed by atoms with Crippen LogP contribution < -0.4 is 24.3 Å². The van der Waals surface area contributed by atoms with Gasteiger partial charge in [-0.05, 0) is 78.2 Å². The van der Waals surface area contributed by atoms with Crippen molar-refractivity contribution < 1.29 is 33.6 Å². The SMILES string of the molecule is CCN(CC)CCc1cccc(N[C@@H]2c3cc4c(cc3[C@@H](c3cc(OC)c(O)c(OC)c3)[C@H]3C(=O)OC[C@@H]32)OCO4)c1. The van der Waals surface area contributed by atoms with Gasteiger partial charge in [0.1, 0.15) is 0 Å². The smallest absolute Gasteiger partial charge is 0.310 e. The third-order valence-electron chi connectivity index (χ3n) is 8.91. The number of fused-ring (bicyclic) bond motifs is 3. The molecule has 1 saturated heterocycles. The van der Waals surface area contributed by atoms with Gasteiger partial charge in [-0.2, -0.15) is 0 Å². The molecule has 4 atom stereocenters. The number of nitrogens with zero attached hydrogens (tertiary/aromatic N) is 1. The second-order valence-corrected chi connectivity index (χ2v) is 11.0. The summed E-state index contributed by atoms with van der Waals surface area (Å²) in [6.45, 7) is 7.87. The van der Waals surface area contributed by atoms with Crippen molar-refractivity contribution in [3.63, 3.8) is 0 Å². The third-order valence-corrected chi connectivity index (χ3v) is 8.91. The lowest BCUT2D eigenvalue weighted by Gasteiger charge is -2.40. The maximum Gasteiger partial charge on any atom is 0.310 e. The zero-order valence-corrected chi connectivity index (χ0v) is 24.5. The molecule has 0 unspecified atom stereocenters. The maximum atomic E-state index is 13.4. The van der Waals surface area contributed by atoms with E-state index in [9.17, 15) is 9.90 Å². The third kappa shape index (κ3) is 4.96. The molecule has 0 amide bonds. The van der Waals surface area contributed by atoms with E-state index >= 15 is 0 Å². The Hall–Kier alpha value is -4.11. The Bertz CT molecular complexity index is 1450. The predicted octanol–water partition coefficient (Wildman–Crippen LogP) is 5.11. The number of esters is 1. The minimum Gasteiger partial charge on any atom is -0.502 e. The molecule has 2 heterocycles. The predicted molar refractivity (Wildman–Crippen MR) is 158 cm³/mol. The quantitative estimate of drug-likeness (QED) is 0.320. The highest BCUT2D eigenvalue weighted by molar-refractivity contribution is 5.79. The zero-order chi connectivity index (χ0) is 29.4. The van der Waals surface area contributed by atoms with E-state index in [4.69, 9.17) is 23.7 Å².